The van der Waals surface area contributed by atoms with Crippen LogP contribution in [0.15, 0.2) is 30.5 Å². The Kier molecular flexibility index (Phi) is 3.69. The topological polar surface area (TPSA) is 30.0 Å². The maximum Gasteiger partial charge on any atom is 0.159 e. The lowest BCUT2D eigenvalue weighted by Gasteiger charge is -1.99. The number of thiazole rings is 1. The van der Waals surface area contributed by atoms with Crippen LogP contribution >= 0.6 is 11.3 Å². The molecule has 0 radical (unpaired) electrons. The third kappa shape index (κ3) is 2.80. The summed E-state index contributed by atoms with van der Waals surface area (Å²) < 4.78 is 0. The van der Waals surface area contributed by atoms with Crippen molar-refractivity contribution in [2.45, 2.75) is 26.7 Å². The standard InChI is InChI=1S/C14H15NOS/c1-3-5-14-15-9-13(17-14)12-7-4-6-11(8-12)10(2)16/h4,6-9H,3,5H2,1-2H3. The summed E-state index contributed by atoms with van der Waals surface area (Å²) in [5, 5.41) is 1.16. The summed E-state index contributed by atoms with van der Waals surface area (Å²) in [4.78, 5) is 16.9. The molecule has 2 rings (SSSR count). The third-order valence-corrected chi connectivity index (χ3v) is 3.68. The Morgan fingerprint density at radius 3 is 2.94 bits per heavy atom. The Bertz CT molecular complexity index is 531. The number of carbonyl (C=O) groups excluding carboxylic acids is 1. The fourth-order valence-electron chi connectivity index (χ4n) is 1.66. The van der Waals surface area contributed by atoms with E-state index in [9.17, 15) is 4.79 Å². The summed E-state index contributed by atoms with van der Waals surface area (Å²) in [6.07, 6.45) is 4.03. The number of carbonyl (C=O) groups is 1. The molecule has 2 aromatic rings. The van der Waals surface area contributed by atoms with E-state index in [0.717, 1.165) is 33.9 Å². The molecule has 0 saturated carbocycles. The van der Waals surface area contributed by atoms with Gasteiger partial charge in [0.1, 0.15) is 0 Å². The van der Waals surface area contributed by atoms with E-state index in [4.69, 9.17) is 0 Å². The molecule has 0 fully saturated rings. The van der Waals surface area contributed by atoms with Crippen molar-refractivity contribution >= 4 is 17.1 Å². The maximum atomic E-state index is 11.3. The van der Waals surface area contributed by atoms with Crippen LogP contribution < -0.4 is 0 Å². The molecule has 0 aliphatic rings. The van der Waals surface area contributed by atoms with Crippen LogP contribution in [0.4, 0.5) is 0 Å². The van der Waals surface area contributed by atoms with Gasteiger partial charge >= 0.3 is 0 Å². The second-order valence-electron chi connectivity index (χ2n) is 4.01. The zero-order chi connectivity index (χ0) is 12.3. The number of aryl methyl sites for hydroxylation is 1. The summed E-state index contributed by atoms with van der Waals surface area (Å²) in [5.74, 6) is 0.102. The van der Waals surface area contributed by atoms with Crippen LogP contribution in [0.3, 0.4) is 0 Å². The molecule has 0 saturated heterocycles. The third-order valence-electron chi connectivity index (χ3n) is 2.57. The number of ketones is 1. The first-order chi connectivity index (χ1) is 8.20. The van der Waals surface area contributed by atoms with Crippen molar-refractivity contribution in [2.24, 2.45) is 0 Å². The highest BCUT2D eigenvalue weighted by atomic mass is 32.1. The Hall–Kier alpha value is -1.48. The second kappa shape index (κ2) is 5.23. The molecule has 1 aromatic heterocycles. The van der Waals surface area contributed by atoms with Gasteiger partial charge in [-0.2, -0.15) is 0 Å². The van der Waals surface area contributed by atoms with Gasteiger partial charge in [0.25, 0.3) is 0 Å². The quantitative estimate of drug-likeness (QED) is 0.763. The molecule has 0 unspecified atom stereocenters. The molecular formula is C14H15NOS. The average molecular weight is 245 g/mol. The van der Waals surface area contributed by atoms with Crippen molar-refractivity contribution in [3.63, 3.8) is 0 Å². The van der Waals surface area contributed by atoms with Crippen LogP contribution in [0.1, 0.15) is 35.6 Å². The van der Waals surface area contributed by atoms with Crippen LogP contribution in [0.5, 0.6) is 0 Å². The van der Waals surface area contributed by atoms with Crippen LogP contribution in [0.2, 0.25) is 0 Å². The molecule has 1 aromatic carbocycles. The monoisotopic (exact) mass is 245 g/mol. The number of hydrogen-bond acceptors (Lipinski definition) is 3. The summed E-state index contributed by atoms with van der Waals surface area (Å²) in [6.45, 7) is 3.74. The number of aromatic nitrogens is 1. The van der Waals surface area contributed by atoms with Crippen LogP contribution in [-0.4, -0.2) is 10.8 Å². The lowest BCUT2D eigenvalue weighted by atomic mass is 10.1. The first kappa shape index (κ1) is 12.0. The van der Waals surface area contributed by atoms with Crippen molar-refractivity contribution < 1.29 is 4.79 Å². The van der Waals surface area contributed by atoms with Crippen LogP contribution in [0.25, 0.3) is 10.4 Å². The molecule has 0 atom stereocenters. The molecule has 0 aliphatic carbocycles. The zero-order valence-electron chi connectivity index (χ0n) is 10.1. The first-order valence-electron chi connectivity index (χ1n) is 5.76. The van der Waals surface area contributed by atoms with Gasteiger partial charge in [-0.05, 0) is 31.4 Å². The fraction of sp³-hybridized carbons (Fsp3) is 0.286. The molecule has 0 amide bonds. The van der Waals surface area contributed by atoms with E-state index in [0.29, 0.717) is 0 Å². The second-order valence-corrected chi connectivity index (χ2v) is 5.12. The highest BCUT2D eigenvalue weighted by Crippen LogP contribution is 2.27. The highest BCUT2D eigenvalue weighted by Gasteiger charge is 2.06. The molecule has 0 N–H and O–H groups in total. The van der Waals surface area contributed by atoms with E-state index in [1.54, 1.807) is 18.3 Å². The fourth-order valence-corrected chi connectivity index (χ4v) is 2.68. The van der Waals surface area contributed by atoms with E-state index in [1.807, 2.05) is 30.5 Å². The lowest BCUT2D eigenvalue weighted by Crippen LogP contribution is -1.90. The lowest BCUT2D eigenvalue weighted by molar-refractivity contribution is 0.101. The molecule has 2 nitrogen and oxygen atoms in total. The van der Waals surface area contributed by atoms with E-state index in [2.05, 4.69) is 11.9 Å². The van der Waals surface area contributed by atoms with Crippen molar-refractivity contribution in [2.75, 3.05) is 0 Å². The minimum atomic E-state index is 0.102. The molecule has 0 spiro atoms. The maximum absolute atomic E-state index is 11.3. The Labute approximate surface area is 105 Å². The molecule has 17 heavy (non-hydrogen) atoms. The number of Topliss-reactive ketones (excluding diaryl/α,β-unsaturated/α-hetero) is 1. The number of benzene rings is 1. The Morgan fingerprint density at radius 2 is 2.24 bits per heavy atom. The smallest absolute Gasteiger partial charge is 0.159 e. The molecule has 3 heteroatoms. The van der Waals surface area contributed by atoms with Gasteiger partial charge in [0.2, 0.25) is 0 Å². The van der Waals surface area contributed by atoms with Crippen molar-refractivity contribution in [1.29, 1.82) is 0 Å². The molecule has 88 valence electrons. The van der Waals surface area contributed by atoms with E-state index >= 15 is 0 Å². The van der Waals surface area contributed by atoms with Gasteiger partial charge in [-0.15, -0.1) is 11.3 Å². The van der Waals surface area contributed by atoms with Crippen molar-refractivity contribution in [1.82, 2.24) is 4.98 Å². The van der Waals surface area contributed by atoms with Gasteiger partial charge in [0.05, 0.1) is 9.88 Å². The first-order valence-corrected chi connectivity index (χ1v) is 6.58. The minimum absolute atomic E-state index is 0.102. The van der Waals surface area contributed by atoms with Crippen molar-refractivity contribution in [3.8, 4) is 10.4 Å². The van der Waals surface area contributed by atoms with Gasteiger partial charge in [0, 0.05) is 11.8 Å². The van der Waals surface area contributed by atoms with E-state index in [1.165, 1.54) is 0 Å². The highest BCUT2D eigenvalue weighted by molar-refractivity contribution is 7.15. The predicted molar refractivity (Wildman–Crippen MR) is 71.5 cm³/mol. The van der Waals surface area contributed by atoms with Gasteiger partial charge in [-0.25, -0.2) is 4.98 Å². The van der Waals surface area contributed by atoms with Gasteiger partial charge in [-0.3, -0.25) is 4.79 Å². The van der Waals surface area contributed by atoms with E-state index in [-0.39, 0.29) is 5.78 Å². The summed E-state index contributed by atoms with van der Waals surface area (Å²) in [7, 11) is 0. The van der Waals surface area contributed by atoms with Crippen LogP contribution in [-0.2, 0) is 6.42 Å². The molecule has 0 bridgehead atoms. The van der Waals surface area contributed by atoms with Crippen LogP contribution in [0, 0.1) is 0 Å². The predicted octanol–water partition coefficient (Wildman–Crippen LogP) is 3.97. The normalized spacial score (nSPS) is 10.5. The molecule has 1 heterocycles. The molecule has 0 aliphatic heterocycles. The van der Waals surface area contributed by atoms with Crippen molar-refractivity contribution in [3.05, 3.63) is 41.0 Å². The number of hydrogen-bond donors (Lipinski definition) is 0. The summed E-state index contributed by atoms with van der Waals surface area (Å²) >= 11 is 1.71. The minimum Gasteiger partial charge on any atom is -0.295 e. The average Bonchev–Trinajstić information content (AvgIpc) is 2.78. The summed E-state index contributed by atoms with van der Waals surface area (Å²) in [5.41, 5.74) is 1.84. The Morgan fingerprint density at radius 1 is 1.41 bits per heavy atom. The Balaban J connectivity index is 2.32. The van der Waals surface area contributed by atoms with Gasteiger partial charge in [0.15, 0.2) is 5.78 Å². The largest absolute Gasteiger partial charge is 0.295 e. The SMILES string of the molecule is CCCc1ncc(-c2cccc(C(C)=O)c2)s1. The van der Waals surface area contributed by atoms with E-state index < -0.39 is 0 Å². The van der Waals surface area contributed by atoms with Gasteiger partial charge in [-0.1, -0.05) is 25.1 Å². The summed E-state index contributed by atoms with van der Waals surface area (Å²) in [6, 6.07) is 7.73. The number of rotatable bonds is 4. The zero-order valence-corrected chi connectivity index (χ0v) is 10.9. The van der Waals surface area contributed by atoms with Gasteiger partial charge < -0.3 is 0 Å². The number of nitrogens with zero attached hydrogens (tertiary/aromatic N) is 1. The molecular weight excluding hydrogens is 230 g/mol.